The molecule has 2 N–H and O–H groups in total. The fraction of sp³-hybridized carbons (Fsp3) is 0.621. The molecule has 10 nitrogen and oxygen atoms in total. The molecular formula is C29H38N4O6. The Bertz CT molecular complexity index is 1110. The van der Waals surface area contributed by atoms with Crippen LogP contribution in [0.25, 0.3) is 0 Å². The molecule has 5 aliphatic rings. The highest BCUT2D eigenvalue weighted by molar-refractivity contribution is 6.02. The van der Waals surface area contributed by atoms with Crippen LogP contribution in [0.4, 0.5) is 5.69 Å². The SMILES string of the molecule is COc1ccc(NC(=O)[C@H]2[C@@H]3C=C[C@]4(O3)[C@@H]2C(=O)N(CCN2CCOCC2)[C@@H]4C(=O)NC2CCCCC2)cc1. The van der Waals surface area contributed by atoms with Gasteiger partial charge in [0.15, 0.2) is 0 Å². The molecule has 5 atom stereocenters. The van der Waals surface area contributed by atoms with E-state index in [1.54, 1.807) is 36.3 Å². The summed E-state index contributed by atoms with van der Waals surface area (Å²) in [7, 11) is 1.59. The predicted octanol–water partition coefficient (Wildman–Crippen LogP) is 1.57. The minimum atomic E-state index is -1.15. The molecule has 4 aliphatic heterocycles. The third-order valence-electron chi connectivity index (χ3n) is 8.99. The average Bonchev–Trinajstić information content (AvgIpc) is 3.60. The minimum Gasteiger partial charge on any atom is -0.497 e. The minimum absolute atomic E-state index is 0.106. The number of hydrogen-bond acceptors (Lipinski definition) is 7. The van der Waals surface area contributed by atoms with Crippen LogP contribution in [0.15, 0.2) is 36.4 Å². The standard InChI is InChI=1S/C29H38N4O6/c1-37-21-9-7-20(8-10-21)30-26(34)23-22-11-12-29(39-22)24(23)28(36)33(14-13-32-15-17-38-18-16-32)25(29)27(35)31-19-5-3-2-4-6-19/h7-12,19,22-25H,2-6,13-18H2,1H3,(H,30,34)(H,31,35)/t22-,23-,24-,25+,29-/m0/s1. The number of methoxy groups -OCH3 is 1. The Labute approximate surface area is 229 Å². The Kier molecular flexibility index (Phi) is 7.35. The lowest BCUT2D eigenvalue weighted by Crippen LogP contribution is -2.57. The Balaban J connectivity index is 1.25. The predicted molar refractivity (Wildman–Crippen MR) is 143 cm³/mol. The normalized spacial score (nSPS) is 32.3. The molecule has 0 aromatic heterocycles. The lowest BCUT2D eigenvalue weighted by atomic mass is 9.74. The second-order valence-electron chi connectivity index (χ2n) is 11.2. The second kappa shape index (κ2) is 10.9. The van der Waals surface area contributed by atoms with Crippen molar-refractivity contribution in [2.24, 2.45) is 11.8 Å². The maximum Gasteiger partial charge on any atom is 0.246 e. The lowest BCUT2D eigenvalue weighted by Gasteiger charge is -2.35. The average molecular weight is 539 g/mol. The first kappa shape index (κ1) is 26.3. The van der Waals surface area contributed by atoms with Gasteiger partial charge in [-0.3, -0.25) is 19.3 Å². The first-order valence-corrected chi connectivity index (χ1v) is 14.2. The topological polar surface area (TPSA) is 109 Å². The molecule has 4 heterocycles. The number of benzene rings is 1. The summed E-state index contributed by atoms with van der Waals surface area (Å²) in [4.78, 5) is 45.5. The van der Waals surface area contributed by atoms with Crippen molar-refractivity contribution in [3.05, 3.63) is 36.4 Å². The van der Waals surface area contributed by atoms with Crippen LogP contribution in [0.3, 0.4) is 0 Å². The molecule has 1 spiro atoms. The van der Waals surface area contributed by atoms with Gasteiger partial charge in [0.1, 0.15) is 17.4 Å². The highest BCUT2D eigenvalue weighted by Crippen LogP contribution is 2.55. The van der Waals surface area contributed by atoms with E-state index in [9.17, 15) is 14.4 Å². The van der Waals surface area contributed by atoms with E-state index in [1.165, 1.54) is 6.42 Å². The Morgan fingerprint density at radius 3 is 2.51 bits per heavy atom. The summed E-state index contributed by atoms with van der Waals surface area (Å²) in [6, 6.07) is 6.37. The maximum absolute atomic E-state index is 14.1. The number of likely N-dealkylation sites (tertiary alicyclic amines) is 1. The number of carbonyl (C=O) groups excluding carboxylic acids is 3. The third-order valence-corrected chi connectivity index (χ3v) is 8.99. The van der Waals surface area contributed by atoms with Crippen LogP contribution in [0, 0.1) is 11.8 Å². The number of fused-ring (bicyclic) bond motifs is 1. The van der Waals surface area contributed by atoms with Crippen molar-refractivity contribution in [3.63, 3.8) is 0 Å². The van der Waals surface area contributed by atoms with Gasteiger partial charge >= 0.3 is 0 Å². The number of morpholine rings is 1. The number of anilines is 1. The fourth-order valence-corrected chi connectivity index (χ4v) is 7.01. The van der Waals surface area contributed by atoms with Crippen LogP contribution in [0.1, 0.15) is 32.1 Å². The van der Waals surface area contributed by atoms with Gasteiger partial charge in [-0.05, 0) is 37.1 Å². The lowest BCUT2D eigenvalue weighted by molar-refractivity contribution is -0.141. The van der Waals surface area contributed by atoms with Crippen molar-refractivity contribution in [1.82, 2.24) is 15.1 Å². The third kappa shape index (κ3) is 4.83. The first-order chi connectivity index (χ1) is 19.0. The molecule has 1 aromatic carbocycles. The number of ether oxygens (including phenoxy) is 3. The van der Waals surface area contributed by atoms with Crippen molar-refractivity contribution >= 4 is 23.4 Å². The van der Waals surface area contributed by atoms with Gasteiger partial charge in [-0.25, -0.2) is 0 Å². The van der Waals surface area contributed by atoms with Crippen molar-refractivity contribution in [2.45, 2.75) is 55.9 Å². The van der Waals surface area contributed by atoms with Gasteiger partial charge < -0.3 is 29.7 Å². The molecular weight excluding hydrogens is 500 g/mol. The Hall–Kier alpha value is -2.95. The Morgan fingerprint density at radius 1 is 1.05 bits per heavy atom. The zero-order valence-corrected chi connectivity index (χ0v) is 22.5. The van der Waals surface area contributed by atoms with Crippen LogP contribution in [0.2, 0.25) is 0 Å². The monoisotopic (exact) mass is 538 g/mol. The summed E-state index contributed by atoms with van der Waals surface area (Å²) in [5.41, 5.74) is -0.532. The number of hydrogen-bond donors (Lipinski definition) is 2. The van der Waals surface area contributed by atoms with E-state index < -0.39 is 29.6 Å². The molecule has 10 heteroatoms. The smallest absolute Gasteiger partial charge is 0.246 e. The van der Waals surface area contributed by atoms with Crippen molar-refractivity contribution in [2.75, 3.05) is 51.8 Å². The van der Waals surface area contributed by atoms with Gasteiger partial charge in [-0.2, -0.15) is 0 Å². The molecule has 1 aromatic rings. The molecule has 1 aliphatic carbocycles. The number of amides is 3. The van der Waals surface area contributed by atoms with E-state index in [0.717, 1.165) is 38.8 Å². The van der Waals surface area contributed by atoms with E-state index >= 15 is 0 Å². The van der Waals surface area contributed by atoms with Crippen molar-refractivity contribution < 1.29 is 28.6 Å². The molecule has 39 heavy (non-hydrogen) atoms. The zero-order valence-electron chi connectivity index (χ0n) is 22.5. The van der Waals surface area contributed by atoms with E-state index in [-0.39, 0.29) is 23.8 Å². The largest absolute Gasteiger partial charge is 0.497 e. The molecule has 4 fully saturated rings. The quantitative estimate of drug-likeness (QED) is 0.484. The van der Waals surface area contributed by atoms with Gasteiger partial charge in [0.25, 0.3) is 0 Å². The number of nitrogens with zero attached hydrogens (tertiary/aromatic N) is 2. The molecule has 0 unspecified atom stereocenters. The van der Waals surface area contributed by atoms with E-state index in [1.807, 2.05) is 12.2 Å². The van der Waals surface area contributed by atoms with Crippen LogP contribution >= 0.6 is 0 Å². The van der Waals surface area contributed by atoms with E-state index in [2.05, 4.69) is 15.5 Å². The molecule has 2 bridgehead atoms. The molecule has 0 radical (unpaired) electrons. The second-order valence-corrected chi connectivity index (χ2v) is 11.2. The van der Waals surface area contributed by atoms with Gasteiger partial charge in [-0.1, -0.05) is 31.4 Å². The van der Waals surface area contributed by atoms with Crippen LogP contribution in [-0.4, -0.2) is 97.8 Å². The van der Waals surface area contributed by atoms with Crippen LogP contribution in [0.5, 0.6) is 5.75 Å². The number of carbonyl (C=O) groups is 3. The molecule has 210 valence electrons. The maximum atomic E-state index is 14.1. The number of nitrogens with one attached hydrogen (secondary N) is 2. The highest BCUT2D eigenvalue weighted by Gasteiger charge is 2.72. The summed E-state index contributed by atoms with van der Waals surface area (Å²) < 4.78 is 17.1. The van der Waals surface area contributed by atoms with Gasteiger partial charge in [0, 0.05) is 37.9 Å². The summed E-state index contributed by atoms with van der Waals surface area (Å²) in [5.74, 6) is -1.43. The number of rotatable bonds is 8. The molecule has 6 rings (SSSR count). The van der Waals surface area contributed by atoms with Gasteiger partial charge in [0.2, 0.25) is 17.7 Å². The highest BCUT2D eigenvalue weighted by atomic mass is 16.5. The summed E-state index contributed by atoms with van der Waals surface area (Å²) >= 11 is 0. The van der Waals surface area contributed by atoms with Crippen molar-refractivity contribution in [1.29, 1.82) is 0 Å². The van der Waals surface area contributed by atoms with Crippen molar-refractivity contribution in [3.8, 4) is 5.75 Å². The zero-order chi connectivity index (χ0) is 27.0. The van der Waals surface area contributed by atoms with Crippen LogP contribution in [-0.2, 0) is 23.9 Å². The van der Waals surface area contributed by atoms with E-state index in [0.29, 0.717) is 37.7 Å². The molecule has 3 amide bonds. The van der Waals surface area contributed by atoms with Gasteiger partial charge in [0.05, 0.1) is 38.3 Å². The van der Waals surface area contributed by atoms with E-state index in [4.69, 9.17) is 14.2 Å². The van der Waals surface area contributed by atoms with Crippen LogP contribution < -0.4 is 15.4 Å². The van der Waals surface area contributed by atoms with Gasteiger partial charge in [-0.15, -0.1) is 0 Å². The fourth-order valence-electron chi connectivity index (χ4n) is 7.01. The molecule has 3 saturated heterocycles. The Morgan fingerprint density at radius 2 is 1.79 bits per heavy atom. The summed E-state index contributed by atoms with van der Waals surface area (Å²) in [6.45, 7) is 3.94. The summed E-state index contributed by atoms with van der Waals surface area (Å²) in [6.07, 6.45) is 8.44. The first-order valence-electron chi connectivity index (χ1n) is 14.2. The molecule has 1 saturated carbocycles. The summed E-state index contributed by atoms with van der Waals surface area (Å²) in [5, 5.41) is 6.20.